The summed E-state index contributed by atoms with van der Waals surface area (Å²) in [6.07, 6.45) is 15.7. The molecule has 2 nitrogen and oxygen atoms in total. The van der Waals surface area contributed by atoms with Gasteiger partial charge in [-0.1, -0.05) is 12.8 Å². The molecule has 0 radical (unpaired) electrons. The summed E-state index contributed by atoms with van der Waals surface area (Å²) in [6.45, 7) is 2.26. The standard InChI is InChI=1S/C20H30O2/c1-3-20(22)11-9-18-17-6-4-13-12-14(21)5-7-15(13)16(17)8-10-19(18,20)2/h1,13-18,21-22H,4-12H2,2H3/t13-,14-,15-,16+,17+,18-,19-,20-/m0/s1. The molecular formula is C20H30O2. The summed E-state index contributed by atoms with van der Waals surface area (Å²) in [4.78, 5) is 0. The van der Waals surface area contributed by atoms with Crippen LogP contribution < -0.4 is 0 Å². The van der Waals surface area contributed by atoms with E-state index in [0.717, 1.165) is 55.8 Å². The molecule has 0 unspecified atom stereocenters. The van der Waals surface area contributed by atoms with Crippen LogP contribution >= 0.6 is 0 Å². The van der Waals surface area contributed by atoms with Gasteiger partial charge in [0.2, 0.25) is 0 Å². The Morgan fingerprint density at radius 2 is 1.73 bits per heavy atom. The van der Waals surface area contributed by atoms with Crippen LogP contribution in [0.4, 0.5) is 0 Å². The average molecular weight is 302 g/mol. The molecule has 0 aromatic heterocycles. The minimum absolute atomic E-state index is 0.0512. The van der Waals surface area contributed by atoms with Gasteiger partial charge in [-0.3, -0.25) is 0 Å². The molecule has 0 amide bonds. The predicted molar refractivity (Wildman–Crippen MR) is 86.9 cm³/mol. The van der Waals surface area contributed by atoms with Gasteiger partial charge in [-0.25, -0.2) is 0 Å². The Morgan fingerprint density at radius 3 is 2.50 bits per heavy atom. The van der Waals surface area contributed by atoms with Crippen molar-refractivity contribution < 1.29 is 10.2 Å². The van der Waals surface area contributed by atoms with Gasteiger partial charge < -0.3 is 10.2 Å². The smallest absolute Gasteiger partial charge is 0.130 e. The summed E-state index contributed by atoms with van der Waals surface area (Å²) in [5.41, 5.74) is -0.938. The highest BCUT2D eigenvalue weighted by atomic mass is 16.3. The highest BCUT2D eigenvalue weighted by Crippen LogP contribution is 2.65. The second-order valence-electron chi connectivity index (χ2n) is 8.90. The van der Waals surface area contributed by atoms with Gasteiger partial charge in [-0.05, 0) is 87.4 Å². The molecule has 22 heavy (non-hydrogen) atoms. The van der Waals surface area contributed by atoms with E-state index in [1.54, 1.807) is 0 Å². The van der Waals surface area contributed by atoms with Crippen LogP contribution in [0.25, 0.3) is 0 Å². The topological polar surface area (TPSA) is 40.5 Å². The zero-order valence-electron chi connectivity index (χ0n) is 13.8. The lowest BCUT2D eigenvalue weighted by Crippen LogP contribution is -2.53. The zero-order valence-corrected chi connectivity index (χ0v) is 13.8. The Hall–Kier alpha value is -0.520. The number of hydrogen-bond acceptors (Lipinski definition) is 2. The van der Waals surface area contributed by atoms with Crippen LogP contribution in [-0.2, 0) is 0 Å². The number of fused-ring (bicyclic) bond motifs is 5. The third-order valence-electron chi connectivity index (χ3n) is 8.32. The zero-order chi connectivity index (χ0) is 15.5. The van der Waals surface area contributed by atoms with Crippen LogP contribution in [0.2, 0.25) is 0 Å². The van der Waals surface area contributed by atoms with Crippen molar-refractivity contribution in [2.24, 2.45) is 35.0 Å². The number of aliphatic hydroxyl groups excluding tert-OH is 1. The normalized spacial score (nSPS) is 57.4. The lowest BCUT2D eigenvalue weighted by molar-refractivity contribution is -0.111. The van der Waals surface area contributed by atoms with E-state index in [-0.39, 0.29) is 11.5 Å². The molecule has 2 heteroatoms. The van der Waals surface area contributed by atoms with E-state index in [2.05, 4.69) is 12.8 Å². The van der Waals surface area contributed by atoms with Crippen LogP contribution in [-0.4, -0.2) is 21.9 Å². The third kappa shape index (κ3) is 1.88. The van der Waals surface area contributed by atoms with Gasteiger partial charge in [0.05, 0.1) is 6.10 Å². The fourth-order valence-electron chi connectivity index (χ4n) is 7.08. The number of rotatable bonds is 0. The van der Waals surface area contributed by atoms with Crippen molar-refractivity contribution >= 4 is 0 Å². The quantitative estimate of drug-likeness (QED) is 0.674. The van der Waals surface area contributed by atoms with Gasteiger partial charge in [-0.15, -0.1) is 6.42 Å². The highest BCUT2D eigenvalue weighted by molar-refractivity contribution is 5.23. The van der Waals surface area contributed by atoms with E-state index in [1.165, 1.54) is 25.7 Å². The van der Waals surface area contributed by atoms with E-state index in [4.69, 9.17) is 6.42 Å². The Morgan fingerprint density at radius 1 is 0.955 bits per heavy atom. The maximum absolute atomic E-state index is 10.9. The van der Waals surface area contributed by atoms with Gasteiger partial charge >= 0.3 is 0 Å². The third-order valence-corrected chi connectivity index (χ3v) is 8.32. The maximum Gasteiger partial charge on any atom is 0.130 e. The first-order valence-corrected chi connectivity index (χ1v) is 9.37. The van der Waals surface area contributed by atoms with Crippen LogP contribution in [0.5, 0.6) is 0 Å². The molecule has 4 aliphatic carbocycles. The van der Waals surface area contributed by atoms with E-state index in [1.807, 2.05) is 0 Å². The summed E-state index contributed by atoms with van der Waals surface area (Å²) in [5.74, 6) is 6.53. The van der Waals surface area contributed by atoms with Crippen molar-refractivity contribution in [2.45, 2.75) is 76.4 Å². The van der Waals surface area contributed by atoms with Crippen LogP contribution in [0.1, 0.15) is 64.7 Å². The average Bonchev–Trinajstić information content (AvgIpc) is 2.79. The summed E-state index contributed by atoms with van der Waals surface area (Å²) in [6, 6.07) is 0. The molecule has 0 aromatic rings. The second-order valence-corrected chi connectivity index (χ2v) is 8.90. The molecule has 4 fully saturated rings. The van der Waals surface area contributed by atoms with Crippen LogP contribution in [0.15, 0.2) is 0 Å². The first-order chi connectivity index (χ1) is 10.5. The molecular weight excluding hydrogens is 272 g/mol. The van der Waals surface area contributed by atoms with Crippen LogP contribution in [0, 0.1) is 47.3 Å². The monoisotopic (exact) mass is 302 g/mol. The van der Waals surface area contributed by atoms with Gasteiger partial charge in [0, 0.05) is 5.41 Å². The molecule has 2 N–H and O–H groups in total. The summed E-state index contributed by atoms with van der Waals surface area (Å²) in [5, 5.41) is 20.9. The lowest BCUT2D eigenvalue weighted by Gasteiger charge is -2.56. The molecule has 0 spiro atoms. The van der Waals surface area contributed by atoms with E-state index in [0.29, 0.717) is 5.92 Å². The van der Waals surface area contributed by atoms with Crippen molar-refractivity contribution in [3.63, 3.8) is 0 Å². The van der Waals surface area contributed by atoms with E-state index < -0.39 is 5.60 Å². The minimum atomic E-state index is -0.873. The summed E-state index contributed by atoms with van der Waals surface area (Å²) in [7, 11) is 0. The fourth-order valence-corrected chi connectivity index (χ4v) is 7.08. The Balaban J connectivity index is 1.60. The van der Waals surface area contributed by atoms with E-state index >= 15 is 0 Å². The largest absolute Gasteiger partial charge is 0.393 e. The first-order valence-electron chi connectivity index (χ1n) is 9.37. The van der Waals surface area contributed by atoms with Crippen molar-refractivity contribution in [1.82, 2.24) is 0 Å². The van der Waals surface area contributed by atoms with Crippen molar-refractivity contribution in [2.75, 3.05) is 0 Å². The fraction of sp³-hybridized carbons (Fsp3) is 0.900. The first kappa shape index (κ1) is 15.0. The summed E-state index contributed by atoms with van der Waals surface area (Å²) < 4.78 is 0. The van der Waals surface area contributed by atoms with Crippen molar-refractivity contribution in [3.05, 3.63) is 0 Å². The number of aliphatic hydroxyl groups is 2. The highest BCUT2D eigenvalue weighted by Gasteiger charge is 2.62. The molecule has 0 heterocycles. The molecule has 0 saturated heterocycles. The van der Waals surface area contributed by atoms with Crippen molar-refractivity contribution in [1.29, 1.82) is 0 Å². The molecule has 0 aromatic carbocycles. The van der Waals surface area contributed by atoms with Gasteiger partial charge in [0.25, 0.3) is 0 Å². The molecule has 8 atom stereocenters. The second kappa shape index (κ2) is 4.99. The van der Waals surface area contributed by atoms with Crippen molar-refractivity contribution in [3.8, 4) is 12.3 Å². The molecule has 122 valence electrons. The van der Waals surface area contributed by atoms with Gasteiger partial charge in [0.1, 0.15) is 5.60 Å². The molecule has 4 aliphatic rings. The lowest BCUT2D eigenvalue weighted by atomic mass is 9.49. The molecule has 4 saturated carbocycles. The Kier molecular flexibility index (Phi) is 3.41. The Bertz CT molecular complexity index is 494. The van der Waals surface area contributed by atoms with Gasteiger partial charge in [0.15, 0.2) is 0 Å². The minimum Gasteiger partial charge on any atom is -0.393 e. The number of terminal acetylenes is 1. The Labute approximate surface area is 134 Å². The van der Waals surface area contributed by atoms with Gasteiger partial charge in [-0.2, -0.15) is 0 Å². The predicted octanol–water partition coefficient (Wildman–Crippen LogP) is 3.36. The van der Waals surface area contributed by atoms with Crippen LogP contribution in [0.3, 0.4) is 0 Å². The maximum atomic E-state index is 10.9. The summed E-state index contributed by atoms with van der Waals surface area (Å²) >= 11 is 0. The molecule has 0 aliphatic heterocycles. The SMILES string of the molecule is C#C[C@]1(O)CC[C@H]2[C@@H]3CC[C@H]4C[C@@H](O)CC[C@@H]4[C@H]3CC[C@@]21C. The molecule has 4 rings (SSSR count). The van der Waals surface area contributed by atoms with E-state index in [9.17, 15) is 10.2 Å². The molecule has 0 bridgehead atoms. The number of hydrogen-bond donors (Lipinski definition) is 2.